The predicted molar refractivity (Wildman–Crippen MR) is 95.2 cm³/mol. The lowest BCUT2D eigenvalue weighted by Crippen LogP contribution is -2.54. The Morgan fingerprint density at radius 1 is 1.18 bits per heavy atom. The monoisotopic (exact) mass is 346 g/mol. The maximum atomic E-state index is 12.4. The number of carbonyl (C=O) groups is 3. The Morgan fingerprint density at radius 3 is 2.23 bits per heavy atom. The van der Waals surface area contributed by atoms with Gasteiger partial charge < -0.3 is 10.5 Å². The molecule has 0 unspecified atom stereocenters. The molecule has 2 atom stereocenters. The van der Waals surface area contributed by atoms with Crippen molar-refractivity contribution in [1.82, 2.24) is 4.90 Å². The molecule has 2 N–H and O–H groups in total. The minimum Gasteiger partial charge on any atom is -0.320 e. The van der Waals surface area contributed by atoms with E-state index < -0.39 is 23.9 Å². The van der Waals surface area contributed by atoms with E-state index in [9.17, 15) is 14.4 Å². The zero-order valence-electron chi connectivity index (χ0n) is 13.1. The van der Waals surface area contributed by atoms with Gasteiger partial charge in [-0.1, -0.05) is 26.0 Å². The molecule has 0 saturated carbocycles. The molecule has 5 nitrogen and oxygen atoms in total. The van der Waals surface area contributed by atoms with Gasteiger partial charge in [-0.25, -0.2) is 0 Å². The molecule has 0 aliphatic carbocycles. The first-order valence-electron chi connectivity index (χ1n) is 7.34. The van der Waals surface area contributed by atoms with Crippen molar-refractivity contribution in [3.63, 3.8) is 0 Å². The smallest absolute Gasteiger partial charge is 0.247 e. The lowest BCUT2D eigenvalue weighted by molar-refractivity contribution is -0.150. The first kappa shape index (κ1) is 21.2. The number of amides is 2. The predicted octanol–water partition coefficient (Wildman–Crippen LogP) is 1.48. The molecule has 0 fully saturated rings. The number of imide groups is 1. The summed E-state index contributed by atoms with van der Waals surface area (Å²) in [4.78, 5) is 36.8. The number of hydrogen-bond acceptors (Lipinski definition) is 6. The van der Waals surface area contributed by atoms with E-state index in [1.807, 2.05) is 12.2 Å². The number of hydrogen-bond donors (Lipinski definition) is 3. The van der Waals surface area contributed by atoms with Gasteiger partial charge in [0.1, 0.15) is 12.3 Å². The van der Waals surface area contributed by atoms with Crippen LogP contribution in [-0.2, 0) is 14.4 Å². The van der Waals surface area contributed by atoms with Gasteiger partial charge in [-0.15, -0.1) is 0 Å². The number of aldehydes is 1. The van der Waals surface area contributed by atoms with Crippen LogP contribution >= 0.6 is 25.3 Å². The fourth-order valence-electron chi connectivity index (χ4n) is 1.74. The van der Waals surface area contributed by atoms with Crippen LogP contribution in [0.2, 0.25) is 0 Å². The van der Waals surface area contributed by atoms with Gasteiger partial charge in [0.05, 0.1) is 6.04 Å². The van der Waals surface area contributed by atoms with Crippen molar-refractivity contribution < 1.29 is 14.4 Å². The molecule has 0 bridgehead atoms. The van der Waals surface area contributed by atoms with Crippen LogP contribution in [0.15, 0.2) is 12.2 Å². The summed E-state index contributed by atoms with van der Waals surface area (Å²) in [6, 6.07) is -1.69. The average molecular weight is 347 g/mol. The zero-order valence-corrected chi connectivity index (χ0v) is 14.9. The van der Waals surface area contributed by atoms with Crippen molar-refractivity contribution in [3.05, 3.63) is 12.2 Å². The third-order valence-electron chi connectivity index (χ3n) is 3.17. The third-order valence-corrected chi connectivity index (χ3v) is 3.80. The molecule has 0 aromatic heterocycles. The first-order valence-corrected chi connectivity index (χ1v) is 8.60. The molecule has 0 aliphatic rings. The van der Waals surface area contributed by atoms with Gasteiger partial charge in [0.25, 0.3) is 0 Å². The van der Waals surface area contributed by atoms with E-state index in [1.165, 1.54) is 0 Å². The molecule has 0 radical (unpaired) electrons. The maximum Gasteiger partial charge on any atom is 0.247 e. The van der Waals surface area contributed by atoms with Gasteiger partial charge >= 0.3 is 0 Å². The quantitative estimate of drug-likeness (QED) is 0.318. The molecule has 126 valence electrons. The number of allylic oxidation sites excluding steroid dienone is 2. The molecule has 0 heterocycles. The fraction of sp³-hybridized carbons (Fsp3) is 0.667. The van der Waals surface area contributed by atoms with Crippen LogP contribution in [0.25, 0.3) is 0 Å². The second-order valence-corrected chi connectivity index (χ2v) is 6.09. The Kier molecular flexibility index (Phi) is 11.3. The number of rotatable bonds is 10. The second-order valence-electron chi connectivity index (χ2n) is 5.28. The normalized spacial score (nSPS) is 14.1. The van der Waals surface area contributed by atoms with Gasteiger partial charge in [0, 0.05) is 12.2 Å². The topological polar surface area (TPSA) is 80.5 Å². The fourth-order valence-corrected chi connectivity index (χ4v) is 2.14. The van der Waals surface area contributed by atoms with Crippen molar-refractivity contribution in [1.29, 1.82) is 0 Å². The van der Waals surface area contributed by atoms with Crippen LogP contribution in [-0.4, -0.2) is 46.6 Å². The molecule has 0 aromatic rings. The Balaban J connectivity index is 4.96. The molecule has 0 aliphatic heterocycles. The summed E-state index contributed by atoms with van der Waals surface area (Å²) < 4.78 is 0. The summed E-state index contributed by atoms with van der Waals surface area (Å²) in [6.45, 7) is 3.59. The van der Waals surface area contributed by atoms with E-state index in [0.717, 1.165) is 17.1 Å². The van der Waals surface area contributed by atoms with E-state index in [1.54, 1.807) is 13.8 Å². The van der Waals surface area contributed by atoms with E-state index in [0.29, 0.717) is 12.7 Å². The third kappa shape index (κ3) is 6.98. The highest BCUT2D eigenvalue weighted by Gasteiger charge is 2.32. The molecular formula is C15H26N2O3S2. The number of nitrogens with zero attached hydrogens (tertiary/aromatic N) is 1. The van der Waals surface area contributed by atoms with Gasteiger partial charge in [-0.2, -0.15) is 25.3 Å². The van der Waals surface area contributed by atoms with Crippen LogP contribution < -0.4 is 5.73 Å². The largest absolute Gasteiger partial charge is 0.320 e. The SMILES string of the molecule is CC(C)[C@@H](N)C(=O)N(C(=O)CCC=CCCS)[C@@H](C=O)CS. The highest BCUT2D eigenvalue weighted by molar-refractivity contribution is 7.80. The van der Waals surface area contributed by atoms with E-state index in [-0.39, 0.29) is 18.1 Å². The summed E-state index contributed by atoms with van der Waals surface area (Å²) in [7, 11) is 0. The molecule has 0 aromatic carbocycles. The maximum absolute atomic E-state index is 12.4. The summed E-state index contributed by atoms with van der Waals surface area (Å²) in [5.41, 5.74) is 5.83. The minimum absolute atomic E-state index is 0.0846. The van der Waals surface area contributed by atoms with Gasteiger partial charge in [0.2, 0.25) is 11.8 Å². The molecule has 22 heavy (non-hydrogen) atoms. The lowest BCUT2D eigenvalue weighted by Gasteiger charge is -2.29. The zero-order chi connectivity index (χ0) is 17.1. The molecule has 0 spiro atoms. The minimum atomic E-state index is -0.880. The van der Waals surface area contributed by atoms with Crippen molar-refractivity contribution in [2.45, 2.75) is 45.2 Å². The summed E-state index contributed by atoms with van der Waals surface area (Å²) in [6.07, 6.45) is 5.85. The highest BCUT2D eigenvalue weighted by Crippen LogP contribution is 2.11. The highest BCUT2D eigenvalue weighted by atomic mass is 32.1. The van der Waals surface area contributed by atoms with Crippen LogP contribution in [0, 0.1) is 5.92 Å². The van der Waals surface area contributed by atoms with Gasteiger partial charge in [0.15, 0.2) is 0 Å². The summed E-state index contributed by atoms with van der Waals surface area (Å²) >= 11 is 8.13. The first-order chi connectivity index (χ1) is 10.4. The Hall–Kier alpha value is -0.790. The lowest BCUT2D eigenvalue weighted by atomic mass is 10.0. The summed E-state index contributed by atoms with van der Waals surface area (Å²) in [5.74, 6) is -0.217. The second kappa shape index (κ2) is 11.7. The Labute approximate surface area is 143 Å². The van der Waals surface area contributed by atoms with Crippen LogP contribution in [0.4, 0.5) is 0 Å². The van der Waals surface area contributed by atoms with Crippen molar-refractivity contribution in [2.75, 3.05) is 11.5 Å². The molecule has 2 amide bonds. The van der Waals surface area contributed by atoms with Crippen molar-refractivity contribution in [3.8, 4) is 0 Å². The van der Waals surface area contributed by atoms with Crippen molar-refractivity contribution in [2.24, 2.45) is 11.7 Å². The molecule has 7 heteroatoms. The molecular weight excluding hydrogens is 320 g/mol. The van der Waals surface area contributed by atoms with Gasteiger partial charge in [-0.3, -0.25) is 14.5 Å². The van der Waals surface area contributed by atoms with E-state index in [4.69, 9.17) is 5.73 Å². The molecule has 0 rings (SSSR count). The Morgan fingerprint density at radius 2 is 1.77 bits per heavy atom. The van der Waals surface area contributed by atoms with Crippen molar-refractivity contribution >= 4 is 43.4 Å². The standard InChI is InChI=1S/C15H26N2O3S2/c1-11(2)14(16)15(20)17(12(9-18)10-22)13(19)7-5-3-4-6-8-21/h3-4,9,11-12,14,21-22H,5-8,10,16H2,1-2H3/t12-,14+/m0/s1. The summed E-state index contributed by atoms with van der Waals surface area (Å²) in [5, 5.41) is 0. The number of thiol groups is 2. The van der Waals surface area contributed by atoms with E-state index >= 15 is 0 Å². The van der Waals surface area contributed by atoms with Crippen LogP contribution in [0.1, 0.15) is 33.1 Å². The van der Waals surface area contributed by atoms with Gasteiger partial charge in [-0.05, 0) is 24.5 Å². The van der Waals surface area contributed by atoms with Crippen LogP contribution in [0.5, 0.6) is 0 Å². The Bertz CT molecular complexity index is 400. The van der Waals surface area contributed by atoms with E-state index in [2.05, 4.69) is 25.3 Å². The average Bonchev–Trinajstić information content (AvgIpc) is 2.50. The molecule has 0 saturated heterocycles. The number of nitrogens with two attached hydrogens (primary N) is 1. The van der Waals surface area contributed by atoms with Crippen LogP contribution in [0.3, 0.4) is 0 Å². The number of carbonyl (C=O) groups excluding carboxylic acids is 3.